The number of aryl methyl sites for hydroxylation is 1. The number of pyridine rings is 1. The van der Waals surface area contributed by atoms with Crippen molar-refractivity contribution in [2.24, 2.45) is 0 Å². The van der Waals surface area contributed by atoms with Gasteiger partial charge in [0.15, 0.2) is 11.5 Å². The predicted molar refractivity (Wildman–Crippen MR) is 133 cm³/mol. The molecule has 4 aromatic rings. The molecule has 0 radical (unpaired) electrons. The SMILES string of the molecule is COc1ccccc1Cc1cc(C)nc2[nH]c(=O)n(CC(=O)Nc3ccc4c(c3)OCCO4)c(=O)c12. The lowest BCUT2D eigenvalue weighted by atomic mass is 10.0. The Kier molecular flexibility index (Phi) is 6.16. The number of para-hydroxylation sites is 1. The fraction of sp³-hybridized carbons (Fsp3) is 0.231. The highest BCUT2D eigenvalue weighted by molar-refractivity contribution is 5.91. The molecular formula is C26H24N4O6. The monoisotopic (exact) mass is 488 g/mol. The minimum atomic E-state index is -0.717. The summed E-state index contributed by atoms with van der Waals surface area (Å²) < 4.78 is 17.3. The number of methoxy groups -OCH3 is 1. The Balaban J connectivity index is 1.48. The molecule has 0 saturated carbocycles. The molecule has 1 aliphatic heterocycles. The van der Waals surface area contributed by atoms with Crippen molar-refractivity contribution in [2.45, 2.75) is 19.9 Å². The number of carbonyl (C=O) groups excluding carboxylic acids is 1. The first-order valence-corrected chi connectivity index (χ1v) is 11.4. The highest BCUT2D eigenvalue weighted by Gasteiger charge is 2.18. The van der Waals surface area contributed by atoms with E-state index in [1.54, 1.807) is 38.3 Å². The predicted octanol–water partition coefficient (Wildman–Crippen LogP) is 2.40. The quantitative estimate of drug-likeness (QED) is 0.427. The third kappa shape index (κ3) is 4.52. The van der Waals surface area contributed by atoms with Gasteiger partial charge in [0.25, 0.3) is 5.56 Å². The van der Waals surface area contributed by atoms with E-state index in [9.17, 15) is 14.4 Å². The van der Waals surface area contributed by atoms with Crippen molar-refractivity contribution in [1.82, 2.24) is 14.5 Å². The maximum absolute atomic E-state index is 13.5. The highest BCUT2D eigenvalue weighted by atomic mass is 16.6. The maximum Gasteiger partial charge on any atom is 0.330 e. The van der Waals surface area contributed by atoms with Crippen LogP contribution in [0.1, 0.15) is 16.8 Å². The molecule has 3 heterocycles. The molecule has 0 aliphatic carbocycles. The molecule has 2 aromatic carbocycles. The van der Waals surface area contributed by atoms with E-state index >= 15 is 0 Å². The largest absolute Gasteiger partial charge is 0.496 e. The number of nitrogens with zero attached hydrogens (tertiary/aromatic N) is 2. The van der Waals surface area contributed by atoms with Crippen LogP contribution in [0.5, 0.6) is 17.2 Å². The zero-order valence-corrected chi connectivity index (χ0v) is 19.8. The first kappa shape index (κ1) is 23.2. The van der Waals surface area contributed by atoms with Crippen LogP contribution in [0.25, 0.3) is 11.0 Å². The van der Waals surface area contributed by atoms with E-state index in [1.165, 1.54) is 0 Å². The van der Waals surface area contributed by atoms with Crippen molar-refractivity contribution in [3.8, 4) is 17.2 Å². The van der Waals surface area contributed by atoms with E-state index in [4.69, 9.17) is 14.2 Å². The smallest absolute Gasteiger partial charge is 0.330 e. The topological polar surface area (TPSA) is 125 Å². The number of H-pyrrole nitrogens is 1. The number of ether oxygens (including phenoxy) is 3. The number of aromatic amines is 1. The van der Waals surface area contributed by atoms with Gasteiger partial charge in [0.05, 0.1) is 12.5 Å². The average molecular weight is 489 g/mol. The van der Waals surface area contributed by atoms with Gasteiger partial charge in [-0.05, 0) is 42.3 Å². The third-order valence-electron chi connectivity index (χ3n) is 5.86. The van der Waals surface area contributed by atoms with Crippen LogP contribution in [0.2, 0.25) is 0 Å². The number of hydrogen-bond donors (Lipinski definition) is 2. The van der Waals surface area contributed by atoms with E-state index in [0.29, 0.717) is 53.8 Å². The summed E-state index contributed by atoms with van der Waals surface area (Å²) in [5, 5.41) is 2.95. The summed E-state index contributed by atoms with van der Waals surface area (Å²) in [6, 6.07) is 14.3. The lowest BCUT2D eigenvalue weighted by molar-refractivity contribution is -0.116. The molecule has 1 amide bonds. The minimum absolute atomic E-state index is 0.179. The van der Waals surface area contributed by atoms with Gasteiger partial charge in [0, 0.05) is 23.9 Å². The van der Waals surface area contributed by atoms with Crippen LogP contribution >= 0.6 is 0 Å². The van der Waals surface area contributed by atoms with Crippen molar-refractivity contribution in [1.29, 1.82) is 0 Å². The Bertz CT molecular complexity index is 1590. The summed E-state index contributed by atoms with van der Waals surface area (Å²) in [5.74, 6) is 1.25. The van der Waals surface area contributed by atoms with E-state index in [1.807, 2.05) is 24.3 Å². The number of hydrogen-bond acceptors (Lipinski definition) is 7. The molecule has 0 spiro atoms. The van der Waals surface area contributed by atoms with Crippen LogP contribution in [-0.4, -0.2) is 40.8 Å². The van der Waals surface area contributed by atoms with Gasteiger partial charge in [0.1, 0.15) is 31.2 Å². The first-order valence-electron chi connectivity index (χ1n) is 11.4. The number of nitrogens with one attached hydrogen (secondary N) is 2. The van der Waals surface area contributed by atoms with Gasteiger partial charge in [-0.1, -0.05) is 18.2 Å². The van der Waals surface area contributed by atoms with Crippen LogP contribution in [-0.2, 0) is 17.8 Å². The highest BCUT2D eigenvalue weighted by Crippen LogP contribution is 2.32. The summed E-state index contributed by atoms with van der Waals surface area (Å²) >= 11 is 0. The Hall–Kier alpha value is -4.60. The van der Waals surface area contributed by atoms with Crippen molar-refractivity contribution in [2.75, 3.05) is 25.6 Å². The van der Waals surface area contributed by atoms with E-state index in [2.05, 4.69) is 15.3 Å². The lowest BCUT2D eigenvalue weighted by Crippen LogP contribution is -2.39. The van der Waals surface area contributed by atoms with Crippen molar-refractivity contribution >= 4 is 22.6 Å². The molecule has 10 heteroatoms. The Morgan fingerprint density at radius 1 is 1.08 bits per heavy atom. The molecule has 2 aromatic heterocycles. The number of aromatic nitrogens is 3. The maximum atomic E-state index is 13.5. The Labute approximate surface area is 205 Å². The first-order chi connectivity index (χ1) is 17.4. The summed E-state index contributed by atoms with van der Waals surface area (Å²) in [5.41, 5.74) is 1.53. The van der Waals surface area contributed by atoms with Gasteiger partial charge in [-0.25, -0.2) is 9.78 Å². The van der Waals surface area contributed by atoms with Crippen LogP contribution in [0, 0.1) is 6.92 Å². The van der Waals surface area contributed by atoms with Gasteiger partial charge in [-0.15, -0.1) is 0 Å². The van der Waals surface area contributed by atoms with Gasteiger partial charge >= 0.3 is 5.69 Å². The van der Waals surface area contributed by atoms with E-state index in [0.717, 1.165) is 10.1 Å². The molecule has 0 fully saturated rings. The zero-order chi connectivity index (χ0) is 25.2. The molecule has 2 N–H and O–H groups in total. The van der Waals surface area contributed by atoms with Gasteiger partial charge < -0.3 is 19.5 Å². The van der Waals surface area contributed by atoms with Crippen molar-refractivity contribution in [3.05, 3.63) is 86.2 Å². The van der Waals surface area contributed by atoms with Crippen molar-refractivity contribution < 1.29 is 19.0 Å². The molecular weight excluding hydrogens is 464 g/mol. The number of carbonyl (C=O) groups is 1. The number of benzene rings is 2. The van der Waals surface area contributed by atoms with Crippen molar-refractivity contribution in [3.63, 3.8) is 0 Å². The molecule has 0 bridgehead atoms. The van der Waals surface area contributed by atoms with Gasteiger partial charge in [-0.2, -0.15) is 0 Å². The lowest BCUT2D eigenvalue weighted by Gasteiger charge is -2.19. The standard InChI is InChI=1S/C26H24N4O6/c1-15-11-17(12-16-5-3-4-6-19(16)34-2)23-24(27-15)29-26(33)30(25(23)32)14-22(31)28-18-7-8-20-21(13-18)36-10-9-35-20/h3-8,11,13H,9-10,12,14H2,1-2H3,(H,28,31)(H,27,29,33). The summed E-state index contributed by atoms with van der Waals surface area (Å²) in [4.78, 5) is 46.0. The summed E-state index contributed by atoms with van der Waals surface area (Å²) in [6.45, 7) is 2.19. The van der Waals surface area contributed by atoms with E-state index < -0.39 is 23.7 Å². The molecule has 0 atom stereocenters. The zero-order valence-electron chi connectivity index (χ0n) is 19.8. The summed E-state index contributed by atoms with van der Waals surface area (Å²) in [7, 11) is 1.58. The molecule has 10 nitrogen and oxygen atoms in total. The minimum Gasteiger partial charge on any atom is -0.496 e. The number of anilines is 1. The van der Waals surface area contributed by atoms with Crippen LogP contribution < -0.4 is 30.8 Å². The molecule has 0 saturated heterocycles. The third-order valence-corrected chi connectivity index (χ3v) is 5.86. The molecule has 36 heavy (non-hydrogen) atoms. The average Bonchev–Trinajstić information content (AvgIpc) is 2.86. The van der Waals surface area contributed by atoms with Crippen LogP contribution in [0.3, 0.4) is 0 Å². The normalized spacial score (nSPS) is 12.4. The second-order valence-electron chi connectivity index (χ2n) is 8.36. The fourth-order valence-electron chi connectivity index (χ4n) is 4.27. The Morgan fingerprint density at radius 3 is 2.67 bits per heavy atom. The molecule has 1 aliphatic rings. The number of fused-ring (bicyclic) bond motifs is 2. The van der Waals surface area contributed by atoms with E-state index in [-0.39, 0.29) is 11.0 Å². The second kappa shape index (κ2) is 9.57. The molecule has 184 valence electrons. The number of rotatable bonds is 6. The second-order valence-corrected chi connectivity index (χ2v) is 8.36. The molecule has 5 rings (SSSR count). The fourth-order valence-corrected chi connectivity index (χ4v) is 4.27. The van der Waals surface area contributed by atoms with Gasteiger partial charge in [0.2, 0.25) is 5.91 Å². The van der Waals surface area contributed by atoms with Crippen LogP contribution in [0.15, 0.2) is 58.1 Å². The van der Waals surface area contributed by atoms with Gasteiger partial charge in [-0.3, -0.25) is 19.1 Å². The summed E-state index contributed by atoms with van der Waals surface area (Å²) in [6.07, 6.45) is 0.383. The van der Waals surface area contributed by atoms with Crippen LogP contribution in [0.4, 0.5) is 5.69 Å². The Morgan fingerprint density at radius 2 is 1.86 bits per heavy atom. The number of amides is 1. The molecule has 0 unspecified atom stereocenters.